The van der Waals surface area contributed by atoms with Crippen LogP contribution in [0.1, 0.15) is 32.2 Å². The number of hydrogen-bond acceptors (Lipinski definition) is 2. The highest BCUT2D eigenvalue weighted by Gasteiger charge is 2.24. The molecule has 0 spiro atoms. The average molecular weight is 268 g/mol. The summed E-state index contributed by atoms with van der Waals surface area (Å²) in [5.41, 5.74) is 1.56. The molecule has 0 unspecified atom stereocenters. The molecule has 0 atom stereocenters. The van der Waals surface area contributed by atoms with E-state index in [1.165, 1.54) is 0 Å². The number of nitrogens with zero attached hydrogens (tertiary/aromatic N) is 3. The molecule has 17 heavy (non-hydrogen) atoms. The summed E-state index contributed by atoms with van der Waals surface area (Å²) in [6, 6.07) is 3.79. The molecule has 0 saturated heterocycles. The molecule has 0 aliphatic heterocycles. The van der Waals surface area contributed by atoms with Gasteiger partial charge < -0.3 is 0 Å². The Balaban J connectivity index is 2.91. The normalized spacial score (nSPS) is 11.8. The van der Waals surface area contributed by atoms with Gasteiger partial charge in [0.25, 0.3) is 0 Å². The van der Waals surface area contributed by atoms with Crippen molar-refractivity contribution in [1.82, 2.24) is 9.38 Å². The van der Waals surface area contributed by atoms with Crippen LogP contribution in [-0.2, 0) is 5.41 Å². The predicted octanol–water partition coefficient (Wildman–Crippen LogP) is 3.81. The van der Waals surface area contributed by atoms with Gasteiger partial charge in [-0.1, -0.05) is 44.0 Å². The fourth-order valence-corrected chi connectivity index (χ4v) is 2.22. The molecule has 5 heteroatoms. The molecule has 0 aliphatic carbocycles. The largest absolute Gasteiger partial charge is 0.288 e. The highest BCUT2D eigenvalue weighted by molar-refractivity contribution is 6.36. The molecule has 0 aliphatic rings. The minimum absolute atomic E-state index is 0.215. The lowest BCUT2D eigenvalue weighted by molar-refractivity contribution is 0.571. The third-order valence-electron chi connectivity index (χ3n) is 2.46. The number of hydrogen-bond donors (Lipinski definition) is 0. The topological polar surface area (TPSA) is 41.1 Å². The van der Waals surface area contributed by atoms with Crippen molar-refractivity contribution < 1.29 is 0 Å². The van der Waals surface area contributed by atoms with E-state index in [-0.39, 0.29) is 5.41 Å². The van der Waals surface area contributed by atoms with Gasteiger partial charge in [0.2, 0.25) is 0 Å². The highest BCUT2D eigenvalue weighted by Crippen LogP contribution is 2.29. The van der Waals surface area contributed by atoms with Crippen molar-refractivity contribution in [3.05, 3.63) is 33.7 Å². The van der Waals surface area contributed by atoms with Gasteiger partial charge in [-0.3, -0.25) is 4.40 Å². The number of fused-ring (bicyclic) bond motifs is 1. The molecule has 0 radical (unpaired) electrons. The van der Waals surface area contributed by atoms with Crippen LogP contribution in [0.2, 0.25) is 10.0 Å². The zero-order valence-electron chi connectivity index (χ0n) is 9.75. The molecule has 0 bridgehead atoms. The third-order valence-corrected chi connectivity index (χ3v) is 2.94. The second-order valence-electron chi connectivity index (χ2n) is 4.87. The van der Waals surface area contributed by atoms with Crippen LogP contribution in [0.3, 0.4) is 0 Å². The smallest absolute Gasteiger partial charge is 0.157 e. The summed E-state index contributed by atoms with van der Waals surface area (Å²) in [4.78, 5) is 4.45. The van der Waals surface area contributed by atoms with E-state index in [9.17, 15) is 5.26 Å². The molecule has 0 aromatic carbocycles. The molecular weight excluding hydrogens is 257 g/mol. The molecule has 0 saturated carbocycles. The van der Waals surface area contributed by atoms with E-state index in [2.05, 4.69) is 11.1 Å². The van der Waals surface area contributed by atoms with Gasteiger partial charge >= 0.3 is 0 Å². The Morgan fingerprint density at radius 3 is 2.53 bits per heavy atom. The number of imidazole rings is 1. The molecule has 0 fully saturated rings. The van der Waals surface area contributed by atoms with Gasteiger partial charge in [0.1, 0.15) is 11.8 Å². The van der Waals surface area contributed by atoms with Gasteiger partial charge in [0, 0.05) is 11.6 Å². The fraction of sp³-hybridized carbons (Fsp3) is 0.333. The quantitative estimate of drug-likeness (QED) is 0.729. The molecule has 0 amide bonds. The Bertz CT molecular complexity index is 630. The van der Waals surface area contributed by atoms with Gasteiger partial charge in [0.15, 0.2) is 5.65 Å². The van der Waals surface area contributed by atoms with Crippen LogP contribution in [0.25, 0.3) is 5.65 Å². The van der Waals surface area contributed by atoms with E-state index in [4.69, 9.17) is 23.2 Å². The van der Waals surface area contributed by atoms with Crippen molar-refractivity contribution in [2.75, 3.05) is 0 Å². The molecule has 3 nitrogen and oxygen atoms in total. The van der Waals surface area contributed by atoms with Crippen LogP contribution in [0.4, 0.5) is 0 Å². The minimum atomic E-state index is -0.215. The Morgan fingerprint density at radius 1 is 1.35 bits per heavy atom. The molecule has 88 valence electrons. The number of rotatable bonds is 0. The maximum atomic E-state index is 9.25. The fourth-order valence-electron chi connectivity index (χ4n) is 1.70. The zero-order chi connectivity index (χ0) is 12.8. The first-order valence-corrected chi connectivity index (χ1v) is 5.88. The van der Waals surface area contributed by atoms with Crippen molar-refractivity contribution in [1.29, 1.82) is 5.26 Å². The van der Waals surface area contributed by atoms with E-state index >= 15 is 0 Å². The van der Waals surface area contributed by atoms with Gasteiger partial charge in [0.05, 0.1) is 15.7 Å². The SMILES string of the molecule is CC(C)(C)c1nc2c(Cl)cc(Cl)cn2c1C#N. The van der Waals surface area contributed by atoms with E-state index in [1.54, 1.807) is 16.7 Å². The first-order valence-electron chi connectivity index (χ1n) is 5.12. The van der Waals surface area contributed by atoms with Crippen molar-refractivity contribution in [2.24, 2.45) is 0 Å². The van der Waals surface area contributed by atoms with E-state index in [0.29, 0.717) is 21.4 Å². The third kappa shape index (κ3) is 1.99. The van der Waals surface area contributed by atoms with E-state index in [1.807, 2.05) is 20.8 Å². The van der Waals surface area contributed by atoms with Crippen LogP contribution in [-0.4, -0.2) is 9.38 Å². The predicted molar refractivity (Wildman–Crippen MR) is 68.6 cm³/mol. The standard InChI is InChI=1S/C12H11Cl2N3/c1-12(2,3)10-9(5-15)17-6-7(13)4-8(14)11(17)16-10/h4,6H,1-3H3. The van der Waals surface area contributed by atoms with Gasteiger partial charge in [-0.05, 0) is 6.07 Å². The lowest BCUT2D eigenvalue weighted by Gasteiger charge is -2.15. The number of nitriles is 1. The number of aromatic nitrogens is 2. The summed E-state index contributed by atoms with van der Waals surface area (Å²) in [5, 5.41) is 10.2. The van der Waals surface area contributed by atoms with Crippen molar-refractivity contribution in [3.8, 4) is 6.07 Å². The first-order chi connectivity index (χ1) is 7.84. The lowest BCUT2D eigenvalue weighted by Crippen LogP contribution is -2.13. The van der Waals surface area contributed by atoms with Crippen LogP contribution in [0, 0.1) is 11.3 Å². The molecule has 2 aromatic rings. The van der Waals surface area contributed by atoms with E-state index in [0.717, 1.165) is 5.69 Å². The van der Waals surface area contributed by atoms with Crippen molar-refractivity contribution in [3.63, 3.8) is 0 Å². The van der Waals surface area contributed by atoms with Crippen LogP contribution in [0.15, 0.2) is 12.3 Å². The Kier molecular flexibility index (Phi) is 2.81. The second-order valence-corrected chi connectivity index (χ2v) is 5.71. The molecule has 2 rings (SSSR count). The molecular formula is C12H11Cl2N3. The minimum Gasteiger partial charge on any atom is -0.288 e. The van der Waals surface area contributed by atoms with Gasteiger partial charge in [-0.2, -0.15) is 5.26 Å². The highest BCUT2D eigenvalue weighted by atomic mass is 35.5. The Labute approximate surface area is 110 Å². The summed E-state index contributed by atoms with van der Waals surface area (Å²) in [5.74, 6) is 0. The second kappa shape index (κ2) is 3.90. The lowest BCUT2D eigenvalue weighted by atomic mass is 9.91. The van der Waals surface area contributed by atoms with Crippen LogP contribution >= 0.6 is 23.2 Å². The number of halogens is 2. The van der Waals surface area contributed by atoms with Crippen molar-refractivity contribution >= 4 is 28.8 Å². The van der Waals surface area contributed by atoms with Crippen LogP contribution in [0.5, 0.6) is 0 Å². The molecule has 2 heterocycles. The Morgan fingerprint density at radius 2 is 2.00 bits per heavy atom. The summed E-state index contributed by atoms with van der Waals surface area (Å²) in [7, 11) is 0. The summed E-state index contributed by atoms with van der Waals surface area (Å²) in [6.45, 7) is 6.02. The maximum Gasteiger partial charge on any atom is 0.157 e. The summed E-state index contributed by atoms with van der Waals surface area (Å²) in [6.07, 6.45) is 1.66. The van der Waals surface area contributed by atoms with Gasteiger partial charge in [-0.15, -0.1) is 0 Å². The van der Waals surface area contributed by atoms with Crippen LogP contribution < -0.4 is 0 Å². The average Bonchev–Trinajstić information content (AvgIpc) is 2.55. The van der Waals surface area contributed by atoms with E-state index < -0.39 is 0 Å². The summed E-state index contributed by atoms with van der Waals surface area (Å²) < 4.78 is 1.64. The van der Waals surface area contributed by atoms with Crippen molar-refractivity contribution in [2.45, 2.75) is 26.2 Å². The summed E-state index contributed by atoms with van der Waals surface area (Å²) >= 11 is 12.0. The molecule has 0 N–H and O–H groups in total. The van der Waals surface area contributed by atoms with Gasteiger partial charge in [-0.25, -0.2) is 4.98 Å². The Hall–Kier alpha value is -1.24. The molecule has 2 aromatic heterocycles. The monoisotopic (exact) mass is 267 g/mol. The number of pyridine rings is 1. The first kappa shape index (κ1) is 12.2. The zero-order valence-corrected chi connectivity index (χ0v) is 11.3. The maximum absolute atomic E-state index is 9.25.